The van der Waals surface area contributed by atoms with Crippen molar-refractivity contribution in [1.82, 2.24) is 70.8 Å². The van der Waals surface area contributed by atoms with Gasteiger partial charge in [-0.05, 0) is 200 Å². The molecule has 13 amide bonds. The van der Waals surface area contributed by atoms with E-state index >= 15 is 0 Å². The molecular formula is C88H143N17O24. The summed E-state index contributed by atoms with van der Waals surface area (Å²) in [6.07, 6.45) is 9.65. The number of nitrogens with two attached hydrogens (primary N) is 3. The van der Waals surface area contributed by atoms with E-state index in [2.05, 4.69) is 31.6 Å². The van der Waals surface area contributed by atoms with E-state index in [1.54, 1.807) is 96.6 Å². The molecule has 13 heterocycles. The van der Waals surface area contributed by atoms with Gasteiger partial charge in [-0.15, -0.1) is 0 Å². The number of amides is 13. The molecule has 1 aromatic rings. The molecule has 41 nitrogen and oxygen atoms in total. The average Bonchev–Trinajstić information content (AvgIpc) is 1.58. The molecule has 12 aliphatic heterocycles. The first-order chi connectivity index (χ1) is 60.1. The summed E-state index contributed by atoms with van der Waals surface area (Å²) in [6, 6.07) is -3.94. The Bertz CT molecular complexity index is 4180. The van der Waals surface area contributed by atoms with E-state index in [0.29, 0.717) is 90.5 Å². The first-order valence-corrected chi connectivity index (χ1v) is 45.8. The highest BCUT2D eigenvalue weighted by Crippen LogP contribution is 2.48. The molecule has 2 saturated carbocycles. The first kappa shape index (κ1) is 104. The monoisotopic (exact) mass is 1820 g/mol. The molecule has 0 bridgehead atoms. The Morgan fingerprint density at radius 2 is 0.845 bits per heavy atom. The van der Waals surface area contributed by atoms with Gasteiger partial charge in [0.15, 0.2) is 11.6 Å². The van der Waals surface area contributed by atoms with E-state index in [1.165, 1.54) is 45.1 Å². The number of Topliss-reactive ketones (excluding diaryl/α,β-unsaturated/α-hetero) is 2. The highest BCUT2D eigenvalue weighted by molar-refractivity contribution is 6.04. The van der Waals surface area contributed by atoms with E-state index in [0.717, 1.165) is 89.9 Å². The Kier molecular flexibility index (Phi) is 32.7. The van der Waals surface area contributed by atoms with Crippen molar-refractivity contribution < 1.29 is 117 Å². The summed E-state index contributed by atoms with van der Waals surface area (Å²) in [5.41, 5.74) is 11.8. The predicted molar refractivity (Wildman–Crippen MR) is 463 cm³/mol. The van der Waals surface area contributed by atoms with Crippen molar-refractivity contribution in [2.24, 2.45) is 35.0 Å². The average molecular weight is 1820 g/mol. The molecule has 25 atom stereocenters. The van der Waals surface area contributed by atoms with Gasteiger partial charge in [0, 0.05) is 70.2 Å². The molecule has 7 spiro atoms. The number of carbonyl (C=O) groups is 15. The maximum atomic E-state index is 12.8. The minimum atomic E-state index is -1.15. The van der Waals surface area contributed by atoms with Gasteiger partial charge in [0.2, 0.25) is 70.9 Å². The smallest absolute Gasteiger partial charge is 0.408 e. The number of β-lactam (4-membered cyclic amide) rings is 5. The molecular weight excluding hydrogens is 1680 g/mol. The van der Waals surface area contributed by atoms with Gasteiger partial charge in [0.1, 0.15) is 74.8 Å². The third kappa shape index (κ3) is 19.9. The van der Waals surface area contributed by atoms with Crippen LogP contribution in [0.25, 0.3) is 0 Å². The van der Waals surface area contributed by atoms with Crippen LogP contribution in [-0.4, -0.2) is 356 Å². The number of aliphatic hydroxyl groups is 7. The topological polar surface area (TPSA) is 597 Å². The summed E-state index contributed by atoms with van der Waals surface area (Å²) >= 11 is 0. The van der Waals surface area contributed by atoms with Crippen LogP contribution < -0.4 is 43.8 Å². The second-order valence-electron chi connectivity index (χ2n) is 39.2. The van der Waals surface area contributed by atoms with Crippen molar-refractivity contribution in [1.29, 1.82) is 0 Å². The molecule has 12 saturated heterocycles. The third-order valence-corrected chi connectivity index (χ3v) is 29.3. The Morgan fingerprint density at radius 1 is 0.465 bits per heavy atom. The number of aromatic nitrogens is 1. The number of alkyl carbamates (subject to hydrolysis) is 1. The Labute approximate surface area is 753 Å². The van der Waals surface area contributed by atoms with Gasteiger partial charge in [-0.1, -0.05) is 20.8 Å². The van der Waals surface area contributed by atoms with Gasteiger partial charge in [0.05, 0.1) is 92.4 Å². The molecule has 41 heteroatoms. The lowest BCUT2D eigenvalue weighted by molar-refractivity contribution is -0.172. The number of oxazole rings is 1. The normalized spacial score (nSPS) is 32.1. The molecule has 17 unspecified atom stereocenters. The van der Waals surface area contributed by atoms with Gasteiger partial charge >= 0.3 is 6.09 Å². The minimum Gasteiger partial charge on any atom is -0.447 e. The molecule has 15 rings (SSSR count). The number of aliphatic hydroxyl groups excluding tert-OH is 7. The number of rotatable bonds is 17. The lowest BCUT2D eigenvalue weighted by Gasteiger charge is -2.52. The number of hydrogen-bond acceptors (Lipinski definition) is 28. The van der Waals surface area contributed by atoms with Gasteiger partial charge in [0.25, 0.3) is 5.91 Å². The molecule has 2 aliphatic carbocycles. The van der Waals surface area contributed by atoms with E-state index in [1.807, 2.05) is 27.7 Å². The first-order valence-electron chi connectivity index (χ1n) is 45.8. The minimum absolute atomic E-state index is 0.0163. The maximum absolute atomic E-state index is 12.8. The largest absolute Gasteiger partial charge is 0.447 e. The highest BCUT2D eigenvalue weighted by atomic mass is 16.6. The van der Waals surface area contributed by atoms with E-state index in [-0.39, 0.29) is 101 Å². The van der Waals surface area contributed by atoms with Crippen LogP contribution in [-0.2, 0) is 78.4 Å². The number of nitrogens with zero attached hydrogens (tertiary/aromatic N) is 9. The van der Waals surface area contributed by atoms with Crippen molar-refractivity contribution in [3.63, 3.8) is 0 Å². The summed E-state index contributed by atoms with van der Waals surface area (Å²) in [4.78, 5) is 198. The highest BCUT2D eigenvalue weighted by Gasteiger charge is 2.66. The fourth-order valence-electron chi connectivity index (χ4n) is 20.2. The molecule has 14 aliphatic rings. The zero-order valence-corrected chi connectivity index (χ0v) is 78.0. The van der Waals surface area contributed by atoms with Gasteiger partial charge in [-0.3, -0.25) is 67.1 Å². The van der Waals surface area contributed by atoms with E-state index in [4.69, 9.17) is 26.4 Å². The summed E-state index contributed by atoms with van der Waals surface area (Å²) in [6.45, 7) is 33.2. The van der Waals surface area contributed by atoms with Crippen molar-refractivity contribution in [3.05, 3.63) is 18.4 Å². The molecule has 129 heavy (non-hydrogen) atoms. The molecule has 724 valence electrons. The SMILES string of the molecule is CC(O)C(N)C(=O)N1C(C)CCC12CCC2=O.CC(O)C(N)C(=O)N1C(C)CCC12CN(Cc1ncco1)C2=O.CC(O)C(N)C(=O)N1CCCC12CCC2=O.CC1CCC2(CNC2=O)N1C(=O)[C@@H](C)[C@H](C)O.CC1NC(=O)C12CCCN2C(=O)[C@@H](C)[C@@H](C)O.C[C@@H](O)[C@H](NC(=O)OC(C)(C)C)C(=O)N1CCCC12CNC2=O.C[C@H](C(=O)N1CCCC12CNC2=O)[C@@H](C)O. The number of likely N-dealkylation sites (tertiary alicyclic amines) is 8. The zero-order chi connectivity index (χ0) is 96.4. The van der Waals surface area contributed by atoms with E-state index in [9.17, 15) is 108 Å². The van der Waals surface area contributed by atoms with Gasteiger partial charge < -0.3 is 128 Å². The molecule has 0 aromatic carbocycles. The number of ether oxygens (including phenoxy) is 1. The Hall–Kier alpha value is -8.94. The molecule has 18 N–H and O–H groups in total. The van der Waals surface area contributed by atoms with Crippen LogP contribution in [0.15, 0.2) is 16.9 Å². The lowest BCUT2D eigenvalue weighted by atomic mass is 9.73. The van der Waals surface area contributed by atoms with Crippen molar-refractivity contribution in [2.75, 3.05) is 52.4 Å². The summed E-state index contributed by atoms with van der Waals surface area (Å²) in [5.74, 6) is -2.75. The third-order valence-electron chi connectivity index (χ3n) is 29.3. The molecule has 14 fully saturated rings. The molecule has 0 radical (unpaired) electrons. The second kappa shape index (κ2) is 40.6. The maximum Gasteiger partial charge on any atom is 0.408 e. The summed E-state index contributed by atoms with van der Waals surface area (Å²) < 4.78 is 10.3. The van der Waals surface area contributed by atoms with Gasteiger partial charge in [-0.25, -0.2) is 9.78 Å². The second-order valence-corrected chi connectivity index (χ2v) is 39.2. The van der Waals surface area contributed by atoms with Crippen molar-refractivity contribution in [3.8, 4) is 0 Å². The van der Waals surface area contributed by atoms with Crippen LogP contribution in [0.2, 0.25) is 0 Å². The number of nitrogens with one attached hydrogen (secondary N) is 5. The summed E-state index contributed by atoms with van der Waals surface area (Å²) in [5, 5.41) is 80.0. The number of carbonyl (C=O) groups excluding carboxylic acids is 15. The van der Waals surface area contributed by atoms with Gasteiger partial charge in [-0.2, -0.15) is 0 Å². The van der Waals surface area contributed by atoms with Crippen molar-refractivity contribution in [2.45, 2.75) is 375 Å². The number of ketones is 2. The van der Waals surface area contributed by atoms with Crippen LogP contribution >= 0.6 is 0 Å². The van der Waals surface area contributed by atoms with Crippen LogP contribution in [0.5, 0.6) is 0 Å². The Morgan fingerprint density at radius 3 is 1.20 bits per heavy atom. The quantitative estimate of drug-likeness (QED) is 0.0730. The van der Waals surface area contributed by atoms with Crippen LogP contribution in [0.1, 0.15) is 239 Å². The fraction of sp³-hybridized carbons (Fsp3) is 0.795. The number of hydrogen-bond donors (Lipinski definition) is 15. The van der Waals surface area contributed by atoms with Crippen LogP contribution in [0.3, 0.4) is 0 Å². The zero-order valence-electron chi connectivity index (χ0n) is 78.0. The Balaban J connectivity index is 0.000000171. The molecule has 1 aromatic heterocycles. The van der Waals surface area contributed by atoms with E-state index < -0.39 is 141 Å². The fourth-order valence-corrected chi connectivity index (χ4v) is 20.2. The van der Waals surface area contributed by atoms with Crippen LogP contribution in [0, 0.1) is 17.8 Å². The standard InChI is InChI=1S/C15H22N4O4.C15H25N3O5.3C12H20N2O3.2C11H18N2O3/c1-9-3-4-15(19(9)13(21)12(16)10(2)20)8-18(14(15)22)7-11-17-5-6-23-11;1-9(19)10(17-13(22)23-14(2,3)4)11(20)18-7-5-6-15(18)8-16-12(15)21;1-7-4-5-12(6-13-11(12)17)14(7)10(16)8(2)9(3)15;1-7(8(2)15)10(16)14-6-4-5-12(14)9(3)13-11(12)17;1-7-3-5-12(6-4-9(12)16)14(7)11(17)10(13)8(2)15;1-7(8(2)14)9(15)13-5-3-4-11(13)6-12-10(11)16;1-7(14)9(12)10(16)13-6-2-4-11(13)5-3-8(11)15/h5-6,9-10,12,20H,3-4,7-8,16H2,1-2H3;9-10,19H,5-8H2,1-4H3,(H,16,21)(H,17,22);2*7-9,15H,4-6H2,1-3H3,(H,13,17);7-8,10,15H,3-6,13H2,1-2H3;7-8,14H,3-6H2,1-2H3,(H,12,16);7,9,14H,2-6,12H2,1H3/t;9-,10+,15?;7?,8-,9-,12?;7-,8+,9?,12?;;7-,8+,11?;/m.100.0./s1. The lowest BCUT2D eigenvalue weighted by Crippen LogP contribution is -2.77. The van der Waals surface area contributed by atoms with Crippen molar-refractivity contribution >= 4 is 88.5 Å². The summed E-state index contributed by atoms with van der Waals surface area (Å²) in [7, 11) is 0. The predicted octanol–water partition coefficient (Wildman–Crippen LogP) is -2.29. The van der Waals surface area contributed by atoms with Crippen LogP contribution in [0.4, 0.5) is 4.79 Å².